The number of hydroxylamine groups is 2. The monoisotopic (exact) mass is 221 g/mol. The number of hydrogen-bond donors (Lipinski definition) is 0. The van der Waals surface area contributed by atoms with Crippen LogP contribution in [0.3, 0.4) is 0 Å². The maximum atomic E-state index is 11.5. The summed E-state index contributed by atoms with van der Waals surface area (Å²) in [6, 6.07) is 7.45. The number of carbonyl (C=O) groups excluding carboxylic acids is 1. The lowest BCUT2D eigenvalue weighted by atomic mass is 10.1. The number of esters is 1. The molecule has 0 radical (unpaired) electrons. The van der Waals surface area contributed by atoms with Gasteiger partial charge < -0.3 is 4.74 Å². The molecule has 0 aromatic heterocycles. The molecule has 1 aromatic carbocycles. The van der Waals surface area contributed by atoms with Crippen molar-refractivity contribution >= 4 is 5.97 Å². The van der Waals surface area contributed by atoms with Gasteiger partial charge in [-0.15, -0.1) is 0 Å². The molecule has 1 aliphatic rings. The summed E-state index contributed by atoms with van der Waals surface area (Å²) in [5.74, 6) is -0.296. The van der Waals surface area contributed by atoms with Crippen LogP contribution < -0.4 is 0 Å². The molecular weight excluding hydrogens is 206 g/mol. The molecule has 1 saturated heterocycles. The maximum Gasteiger partial charge on any atom is 0.338 e. The predicted octanol–water partition coefficient (Wildman–Crippen LogP) is 1.61. The predicted molar refractivity (Wildman–Crippen MR) is 58.8 cm³/mol. The molecule has 1 fully saturated rings. The van der Waals surface area contributed by atoms with Gasteiger partial charge in [-0.25, -0.2) is 4.79 Å². The van der Waals surface area contributed by atoms with E-state index in [4.69, 9.17) is 9.57 Å². The van der Waals surface area contributed by atoms with Crippen molar-refractivity contribution in [3.8, 4) is 0 Å². The lowest BCUT2D eigenvalue weighted by Crippen LogP contribution is -2.19. The quantitative estimate of drug-likeness (QED) is 0.727. The van der Waals surface area contributed by atoms with E-state index in [-0.39, 0.29) is 5.97 Å². The van der Waals surface area contributed by atoms with Crippen molar-refractivity contribution < 1.29 is 14.4 Å². The molecule has 0 saturated carbocycles. The molecule has 0 atom stereocenters. The average molecular weight is 221 g/mol. The van der Waals surface area contributed by atoms with Gasteiger partial charge in [0, 0.05) is 13.1 Å². The minimum absolute atomic E-state index is 0.296. The summed E-state index contributed by atoms with van der Waals surface area (Å²) >= 11 is 0. The fourth-order valence-corrected chi connectivity index (χ4v) is 1.78. The third kappa shape index (κ3) is 2.40. The van der Waals surface area contributed by atoms with E-state index in [0.717, 1.165) is 25.1 Å². The van der Waals surface area contributed by atoms with Crippen molar-refractivity contribution in [1.82, 2.24) is 5.06 Å². The molecule has 0 amide bonds. The van der Waals surface area contributed by atoms with Crippen molar-refractivity contribution in [2.24, 2.45) is 0 Å². The molecule has 0 N–H and O–H groups in total. The molecule has 4 heteroatoms. The van der Waals surface area contributed by atoms with E-state index in [2.05, 4.69) is 0 Å². The molecule has 0 spiro atoms. The number of ether oxygens (including phenoxy) is 1. The van der Waals surface area contributed by atoms with Gasteiger partial charge in [0.1, 0.15) is 0 Å². The van der Waals surface area contributed by atoms with Crippen LogP contribution in [-0.2, 0) is 16.1 Å². The Balaban J connectivity index is 2.15. The maximum absolute atomic E-state index is 11.5. The van der Waals surface area contributed by atoms with E-state index >= 15 is 0 Å². The van der Waals surface area contributed by atoms with Gasteiger partial charge in [0.25, 0.3) is 0 Å². The SMILES string of the molecule is COC(=O)c1ccccc1CN1CCCO1. The molecule has 1 aliphatic heterocycles. The second-order valence-electron chi connectivity index (χ2n) is 3.70. The zero-order valence-electron chi connectivity index (χ0n) is 9.31. The van der Waals surface area contributed by atoms with E-state index in [1.807, 2.05) is 23.3 Å². The summed E-state index contributed by atoms with van der Waals surface area (Å²) in [4.78, 5) is 16.9. The molecular formula is C12H15NO3. The lowest BCUT2D eigenvalue weighted by molar-refractivity contribution is -0.117. The molecule has 1 heterocycles. The van der Waals surface area contributed by atoms with E-state index in [1.54, 1.807) is 6.07 Å². The Morgan fingerprint density at radius 1 is 1.50 bits per heavy atom. The van der Waals surface area contributed by atoms with Crippen molar-refractivity contribution in [3.63, 3.8) is 0 Å². The van der Waals surface area contributed by atoms with Crippen molar-refractivity contribution in [2.75, 3.05) is 20.3 Å². The van der Waals surface area contributed by atoms with E-state index < -0.39 is 0 Å². The van der Waals surface area contributed by atoms with Crippen molar-refractivity contribution in [2.45, 2.75) is 13.0 Å². The number of benzene rings is 1. The van der Waals surface area contributed by atoms with Crippen LogP contribution in [0.2, 0.25) is 0 Å². The Hall–Kier alpha value is -1.39. The molecule has 16 heavy (non-hydrogen) atoms. The van der Waals surface area contributed by atoms with Crippen LogP contribution in [0.15, 0.2) is 24.3 Å². The number of carbonyl (C=O) groups is 1. The summed E-state index contributed by atoms with van der Waals surface area (Å²) in [6.45, 7) is 2.31. The first-order chi connectivity index (χ1) is 7.81. The van der Waals surface area contributed by atoms with Gasteiger partial charge in [0.15, 0.2) is 0 Å². The summed E-state index contributed by atoms with van der Waals surface area (Å²) in [6.07, 6.45) is 1.04. The van der Waals surface area contributed by atoms with Gasteiger partial charge in [0.05, 0.1) is 19.3 Å². The Bertz CT molecular complexity index is 372. The van der Waals surface area contributed by atoms with Crippen molar-refractivity contribution in [3.05, 3.63) is 35.4 Å². The third-order valence-electron chi connectivity index (χ3n) is 2.60. The Morgan fingerprint density at radius 2 is 2.31 bits per heavy atom. The highest BCUT2D eigenvalue weighted by Crippen LogP contribution is 2.15. The van der Waals surface area contributed by atoms with Crippen LogP contribution in [-0.4, -0.2) is 31.3 Å². The fraction of sp³-hybridized carbons (Fsp3) is 0.417. The largest absolute Gasteiger partial charge is 0.465 e. The highest BCUT2D eigenvalue weighted by Gasteiger charge is 2.17. The average Bonchev–Trinajstić information content (AvgIpc) is 2.82. The van der Waals surface area contributed by atoms with Crippen LogP contribution >= 0.6 is 0 Å². The highest BCUT2D eigenvalue weighted by molar-refractivity contribution is 5.90. The van der Waals surface area contributed by atoms with Gasteiger partial charge in [-0.05, 0) is 18.1 Å². The topological polar surface area (TPSA) is 38.8 Å². The zero-order valence-corrected chi connectivity index (χ0v) is 9.31. The number of rotatable bonds is 3. The number of nitrogens with zero attached hydrogens (tertiary/aromatic N) is 1. The standard InChI is InChI=1S/C12H15NO3/c1-15-12(14)11-6-3-2-5-10(11)9-13-7-4-8-16-13/h2-3,5-6H,4,7-9H2,1H3. The van der Waals surface area contributed by atoms with Crippen molar-refractivity contribution in [1.29, 1.82) is 0 Å². The molecule has 0 unspecified atom stereocenters. The van der Waals surface area contributed by atoms with Crippen LogP contribution in [0.25, 0.3) is 0 Å². The normalized spacial score (nSPS) is 16.3. The molecule has 0 bridgehead atoms. The Morgan fingerprint density at radius 3 is 3.00 bits per heavy atom. The van der Waals surface area contributed by atoms with Gasteiger partial charge >= 0.3 is 5.97 Å². The van der Waals surface area contributed by atoms with E-state index in [1.165, 1.54) is 7.11 Å². The minimum Gasteiger partial charge on any atom is -0.465 e. The molecule has 1 aromatic rings. The van der Waals surface area contributed by atoms with Crippen LogP contribution in [0, 0.1) is 0 Å². The summed E-state index contributed by atoms with van der Waals surface area (Å²) in [5.41, 5.74) is 1.55. The van der Waals surface area contributed by atoms with Crippen LogP contribution in [0.5, 0.6) is 0 Å². The second kappa shape index (κ2) is 5.09. The molecule has 86 valence electrons. The van der Waals surface area contributed by atoms with Gasteiger partial charge in [0.2, 0.25) is 0 Å². The molecule has 2 rings (SSSR count). The van der Waals surface area contributed by atoms with Gasteiger partial charge in [-0.1, -0.05) is 18.2 Å². The number of methoxy groups -OCH3 is 1. The lowest BCUT2D eigenvalue weighted by Gasteiger charge is -2.15. The Labute approximate surface area is 94.7 Å². The fourth-order valence-electron chi connectivity index (χ4n) is 1.78. The van der Waals surface area contributed by atoms with Gasteiger partial charge in [-0.3, -0.25) is 4.84 Å². The smallest absolute Gasteiger partial charge is 0.338 e. The van der Waals surface area contributed by atoms with E-state index in [0.29, 0.717) is 12.1 Å². The highest BCUT2D eigenvalue weighted by atomic mass is 16.7. The molecule has 4 nitrogen and oxygen atoms in total. The first-order valence-corrected chi connectivity index (χ1v) is 5.35. The summed E-state index contributed by atoms with van der Waals surface area (Å²) < 4.78 is 4.74. The minimum atomic E-state index is -0.296. The Kier molecular flexibility index (Phi) is 3.54. The first-order valence-electron chi connectivity index (χ1n) is 5.35. The van der Waals surface area contributed by atoms with Crippen LogP contribution in [0.1, 0.15) is 22.3 Å². The third-order valence-corrected chi connectivity index (χ3v) is 2.60. The van der Waals surface area contributed by atoms with Gasteiger partial charge in [-0.2, -0.15) is 5.06 Å². The van der Waals surface area contributed by atoms with E-state index in [9.17, 15) is 4.79 Å². The summed E-state index contributed by atoms with van der Waals surface area (Å²) in [7, 11) is 1.39. The second-order valence-corrected chi connectivity index (χ2v) is 3.70. The zero-order chi connectivity index (χ0) is 11.4. The molecule has 0 aliphatic carbocycles. The first kappa shape index (κ1) is 11.1. The summed E-state index contributed by atoms with van der Waals surface area (Å²) in [5, 5.41) is 1.88. The number of hydrogen-bond acceptors (Lipinski definition) is 4. The van der Waals surface area contributed by atoms with Crippen LogP contribution in [0.4, 0.5) is 0 Å².